The normalized spacial score (nSPS) is 14.4. The molecule has 0 unspecified atom stereocenters. The number of rotatable bonds is 7. The Morgan fingerprint density at radius 1 is 0.810 bits per heavy atom. The zero-order valence-electron chi connectivity index (χ0n) is 14.6. The van der Waals surface area contributed by atoms with Gasteiger partial charge in [-0.15, -0.1) is 0 Å². The van der Waals surface area contributed by atoms with E-state index in [1.807, 2.05) is 0 Å². The van der Waals surface area contributed by atoms with Crippen LogP contribution in [0.2, 0.25) is 45.8 Å². The molecular formula is C15H30O2Si4. The van der Waals surface area contributed by atoms with Crippen molar-refractivity contribution in [3.63, 3.8) is 0 Å². The van der Waals surface area contributed by atoms with E-state index >= 15 is 0 Å². The molecule has 0 bridgehead atoms. The van der Waals surface area contributed by atoms with Crippen molar-refractivity contribution < 1.29 is 8.23 Å². The van der Waals surface area contributed by atoms with Crippen LogP contribution in [0.15, 0.2) is 41.7 Å². The Kier molecular flexibility index (Phi) is 6.57. The highest BCUT2D eigenvalue weighted by Crippen LogP contribution is 2.21. The van der Waals surface area contributed by atoms with Crippen molar-refractivity contribution in [1.29, 1.82) is 0 Å². The molecule has 1 aromatic carbocycles. The Balaban J connectivity index is 2.81. The molecular weight excluding hydrogens is 325 g/mol. The Morgan fingerprint density at radius 2 is 1.29 bits per heavy atom. The Labute approximate surface area is 135 Å². The molecule has 21 heavy (non-hydrogen) atoms. The van der Waals surface area contributed by atoms with Crippen LogP contribution in [0.4, 0.5) is 0 Å². The van der Waals surface area contributed by atoms with Crippen molar-refractivity contribution >= 4 is 39.9 Å². The minimum Gasteiger partial charge on any atom is -0.434 e. The predicted molar refractivity (Wildman–Crippen MR) is 104 cm³/mol. The van der Waals surface area contributed by atoms with Crippen LogP contribution < -0.4 is 5.19 Å². The van der Waals surface area contributed by atoms with E-state index in [4.69, 9.17) is 8.23 Å². The molecule has 0 aliphatic rings. The van der Waals surface area contributed by atoms with E-state index < -0.39 is 25.2 Å². The van der Waals surface area contributed by atoms with Crippen LogP contribution in [0.3, 0.4) is 0 Å². The number of hydrogen-bond donors (Lipinski definition) is 0. The van der Waals surface area contributed by atoms with Crippen LogP contribution in [0.5, 0.6) is 0 Å². The van der Waals surface area contributed by atoms with Crippen LogP contribution in [-0.2, 0) is 8.23 Å². The SMILES string of the molecule is C[Si](C)(C)O[Si](C)(/C=C/[SiH2]c1ccccc1)O[Si](C)(C)C. The first kappa shape index (κ1) is 18.8. The third kappa shape index (κ3) is 8.69. The van der Waals surface area contributed by atoms with Crippen molar-refractivity contribution in [3.05, 3.63) is 41.7 Å². The average molecular weight is 355 g/mol. The smallest absolute Gasteiger partial charge is 0.340 e. The van der Waals surface area contributed by atoms with Gasteiger partial charge in [-0.25, -0.2) is 0 Å². The topological polar surface area (TPSA) is 18.5 Å². The molecule has 1 rings (SSSR count). The molecule has 0 saturated heterocycles. The van der Waals surface area contributed by atoms with Crippen molar-refractivity contribution in [3.8, 4) is 0 Å². The summed E-state index contributed by atoms with van der Waals surface area (Å²) in [6.07, 6.45) is 0. The summed E-state index contributed by atoms with van der Waals surface area (Å²) >= 11 is 0. The average Bonchev–Trinajstić information content (AvgIpc) is 2.24. The monoisotopic (exact) mass is 354 g/mol. The molecule has 0 aromatic heterocycles. The molecule has 0 heterocycles. The first-order valence-electron chi connectivity index (χ1n) is 7.61. The molecule has 0 fully saturated rings. The highest BCUT2D eigenvalue weighted by atomic mass is 28.5. The van der Waals surface area contributed by atoms with Crippen LogP contribution >= 0.6 is 0 Å². The summed E-state index contributed by atoms with van der Waals surface area (Å²) in [4.78, 5) is 0. The maximum absolute atomic E-state index is 6.46. The van der Waals surface area contributed by atoms with E-state index in [0.717, 1.165) is 0 Å². The van der Waals surface area contributed by atoms with Gasteiger partial charge < -0.3 is 8.23 Å². The van der Waals surface area contributed by atoms with Crippen molar-refractivity contribution in [2.24, 2.45) is 0 Å². The van der Waals surface area contributed by atoms with Gasteiger partial charge in [0.2, 0.25) is 0 Å². The second-order valence-electron chi connectivity index (χ2n) is 7.54. The lowest BCUT2D eigenvalue weighted by molar-refractivity contribution is 0.403. The quantitative estimate of drug-likeness (QED) is 0.699. The van der Waals surface area contributed by atoms with E-state index in [2.05, 4.69) is 87.6 Å². The third-order valence-electron chi connectivity index (χ3n) is 2.63. The van der Waals surface area contributed by atoms with Gasteiger partial charge in [-0.1, -0.05) is 46.9 Å². The number of hydrogen-bond acceptors (Lipinski definition) is 2. The Bertz CT molecular complexity index is 445. The summed E-state index contributed by atoms with van der Waals surface area (Å²) < 4.78 is 12.9. The van der Waals surface area contributed by atoms with Gasteiger partial charge >= 0.3 is 8.56 Å². The molecule has 0 aliphatic heterocycles. The molecule has 1 aromatic rings. The largest absolute Gasteiger partial charge is 0.434 e. The Hall–Kier alpha value is -0.252. The molecule has 0 spiro atoms. The molecule has 0 aliphatic carbocycles. The minimum atomic E-state index is -2.20. The molecule has 0 amide bonds. The second-order valence-corrected chi connectivity index (χ2v) is 21.7. The van der Waals surface area contributed by atoms with Gasteiger partial charge in [-0.2, -0.15) is 0 Å². The maximum Gasteiger partial charge on any atom is 0.340 e. The second kappa shape index (κ2) is 7.34. The van der Waals surface area contributed by atoms with E-state index in [9.17, 15) is 0 Å². The van der Waals surface area contributed by atoms with Crippen molar-refractivity contribution in [2.75, 3.05) is 0 Å². The fraction of sp³-hybridized carbons (Fsp3) is 0.467. The molecule has 0 N–H and O–H groups in total. The number of benzene rings is 1. The summed E-state index contributed by atoms with van der Waals surface area (Å²) in [5, 5.41) is 1.46. The predicted octanol–water partition coefficient (Wildman–Crippen LogP) is 3.31. The molecule has 0 radical (unpaired) electrons. The van der Waals surface area contributed by atoms with Gasteiger partial charge in [-0.3, -0.25) is 0 Å². The molecule has 0 saturated carbocycles. The van der Waals surface area contributed by atoms with Crippen molar-refractivity contribution in [1.82, 2.24) is 0 Å². The van der Waals surface area contributed by atoms with Gasteiger partial charge in [0, 0.05) is 0 Å². The molecule has 0 atom stereocenters. The van der Waals surface area contributed by atoms with E-state index in [1.165, 1.54) is 5.19 Å². The molecule has 6 heteroatoms. The van der Waals surface area contributed by atoms with Crippen LogP contribution in [0.25, 0.3) is 0 Å². The summed E-state index contributed by atoms with van der Waals surface area (Å²) in [6.45, 7) is 15.7. The van der Waals surface area contributed by atoms with E-state index in [0.29, 0.717) is 0 Å². The maximum atomic E-state index is 6.46. The first-order valence-corrected chi connectivity index (χ1v) is 18.3. The summed E-state index contributed by atoms with van der Waals surface area (Å²) in [6, 6.07) is 10.7. The van der Waals surface area contributed by atoms with Gasteiger partial charge in [0.05, 0.1) is 9.52 Å². The fourth-order valence-electron chi connectivity index (χ4n) is 2.33. The lowest BCUT2D eigenvalue weighted by Crippen LogP contribution is -2.51. The molecule has 2 nitrogen and oxygen atoms in total. The van der Waals surface area contributed by atoms with Crippen molar-refractivity contribution in [2.45, 2.75) is 45.8 Å². The van der Waals surface area contributed by atoms with Gasteiger partial charge in [0.15, 0.2) is 16.6 Å². The lowest BCUT2D eigenvalue weighted by Gasteiger charge is -2.36. The van der Waals surface area contributed by atoms with Gasteiger partial charge in [-0.05, 0) is 45.8 Å². The van der Waals surface area contributed by atoms with Crippen LogP contribution in [-0.4, -0.2) is 34.7 Å². The third-order valence-corrected chi connectivity index (χ3v) is 13.5. The van der Waals surface area contributed by atoms with Crippen LogP contribution in [0.1, 0.15) is 0 Å². The highest BCUT2D eigenvalue weighted by Gasteiger charge is 2.38. The minimum absolute atomic E-state index is 0.372. The zero-order chi connectivity index (χ0) is 16.1. The fourth-order valence-corrected chi connectivity index (χ4v) is 16.1. The van der Waals surface area contributed by atoms with Gasteiger partial charge in [0.1, 0.15) is 0 Å². The highest BCUT2D eigenvalue weighted by molar-refractivity contribution is 6.90. The van der Waals surface area contributed by atoms with E-state index in [1.54, 1.807) is 0 Å². The molecule has 118 valence electrons. The zero-order valence-corrected chi connectivity index (χ0v) is 19.0. The lowest BCUT2D eigenvalue weighted by atomic mass is 10.4. The van der Waals surface area contributed by atoms with Crippen LogP contribution in [0, 0.1) is 0 Å². The first-order chi connectivity index (χ1) is 9.49. The summed E-state index contributed by atoms with van der Waals surface area (Å²) in [5.74, 6) is 0. The van der Waals surface area contributed by atoms with Gasteiger partial charge in [0.25, 0.3) is 0 Å². The standard InChI is InChI=1S/C15H30O2Si4/c1-19(2,3)16-21(7,17-20(4,5)6)14-13-18-15-11-9-8-10-12-15/h8-14H,18H2,1-7H3/b14-13+. The Morgan fingerprint density at radius 3 is 1.71 bits per heavy atom. The van der Waals surface area contributed by atoms with E-state index in [-0.39, 0.29) is 9.52 Å². The summed E-state index contributed by atoms with van der Waals surface area (Å²) in [7, 11) is -5.77. The summed E-state index contributed by atoms with van der Waals surface area (Å²) in [5.41, 5.74) is 4.66.